The first-order valence-electron chi connectivity index (χ1n) is 16.6. The molecular weight excluding hydrogens is 682 g/mol. The van der Waals surface area contributed by atoms with Crippen molar-refractivity contribution in [3.63, 3.8) is 0 Å². The number of hydrogen-bond donors (Lipinski definition) is 3. The van der Waals surface area contributed by atoms with Gasteiger partial charge in [-0.1, -0.05) is 35.8 Å². The van der Waals surface area contributed by atoms with Crippen LogP contribution < -0.4 is 16.8 Å². The predicted molar refractivity (Wildman–Crippen MR) is 194 cm³/mol. The second kappa shape index (κ2) is 19.2. The number of carbonyl (C=O) groups excluding carboxylic acids is 5. The summed E-state index contributed by atoms with van der Waals surface area (Å²) in [5.74, 6) is 9.93. The van der Waals surface area contributed by atoms with Crippen LogP contribution in [0.2, 0.25) is 0 Å². The number of likely N-dealkylation sites (tertiary alicyclic amines) is 1. The molecule has 2 atom stereocenters. The first-order chi connectivity index (χ1) is 25.4. The number of aryl methyl sites for hydroxylation is 2. The maximum atomic E-state index is 13.2. The number of benzene rings is 2. The van der Waals surface area contributed by atoms with Crippen molar-refractivity contribution in [3.8, 4) is 23.7 Å². The number of nitrogens with one attached hydrogen (secondary N) is 1. The van der Waals surface area contributed by atoms with Crippen LogP contribution in [0.25, 0.3) is 0 Å². The van der Waals surface area contributed by atoms with Crippen molar-refractivity contribution in [1.29, 1.82) is 0 Å². The predicted octanol–water partition coefficient (Wildman–Crippen LogP) is 2.26. The van der Waals surface area contributed by atoms with Crippen LogP contribution in [0.1, 0.15) is 46.2 Å². The highest BCUT2D eigenvalue weighted by molar-refractivity contribution is 5.86. The minimum atomic E-state index is -0.848. The zero-order valence-electron chi connectivity index (χ0n) is 29.7. The summed E-state index contributed by atoms with van der Waals surface area (Å²) >= 11 is 0. The van der Waals surface area contributed by atoms with Crippen LogP contribution in [0, 0.1) is 30.6 Å². The average molecular weight is 724 g/mol. The van der Waals surface area contributed by atoms with Gasteiger partial charge in [0.1, 0.15) is 11.9 Å². The van der Waals surface area contributed by atoms with Crippen LogP contribution in [-0.4, -0.2) is 85.9 Å². The lowest BCUT2D eigenvalue weighted by Crippen LogP contribution is -2.42. The van der Waals surface area contributed by atoms with Crippen molar-refractivity contribution in [2.45, 2.75) is 51.1 Å². The molecule has 0 spiro atoms. The number of nitrogen functional groups attached to an aromatic ring is 2. The number of amides is 2. The van der Waals surface area contributed by atoms with Crippen molar-refractivity contribution in [2.75, 3.05) is 45.4 Å². The fourth-order valence-electron chi connectivity index (χ4n) is 5.60. The first kappa shape index (κ1) is 39.2. The lowest BCUT2D eigenvalue weighted by molar-refractivity contribution is -0.150. The molecule has 14 heteroatoms. The van der Waals surface area contributed by atoms with E-state index in [0.717, 1.165) is 11.1 Å². The fourth-order valence-corrected chi connectivity index (χ4v) is 5.60. The van der Waals surface area contributed by atoms with E-state index in [9.17, 15) is 24.0 Å². The summed E-state index contributed by atoms with van der Waals surface area (Å²) in [5.41, 5.74) is 16.2. The fraction of sp³-hybridized carbons (Fsp3) is 0.333. The van der Waals surface area contributed by atoms with E-state index in [0.29, 0.717) is 40.2 Å². The van der Waals surface area contributed by atoms with Gasteiger partial charge in [-0.2, -0.15) is 0 Å². The second-order valence-corrected chi connectivity index (χ2v) is 12.1. The number of methoxy groups -OCH3 is 2. The zero-order chi connectivity index (χ0) is 38.3. The highest BCUT2D eigenvalue weighted by atomic mass is 16.5. The van der Waals surface area contributed by atoms with Crippen LogP contribution in [0.5, 0.6) is 0 Å². The van der Waals surface area contributed by atoms with Gasteiger partial charge in [0, 0.05) is 42.4 Å². The number of aromatic nitrogens is 1. The Kier molecular flexibility index (Phi) is 14.2. The third-order valence-corrected chi connectivity index (χ3v) is 8.20. The summed E-state index contributed by atoms with van der Waals surface area (Å²) in [4.78, 5) is 67.8. The molecule has 4 rings (SSSR count). The summed E-state index contributed by atoms with van der Waals surface area (Å²) < 4.78 is 20.1. The quantitative estimate of drug-likeness (QED) is 0.113. The average Bonchev–Trinajstić information content (AvgIpc) is 3.55. The molecule has 1 aliphatic rings. The summed E-state index contributed by atoms with van der Waals surface area (Å²) in [6, 6.07) is 12.4. The third kappa shape index (κ3) is 12.3. The molecule has 5 N–H and O–H groups in total. The molecule has 2 heterocycles. The Hall–Kier alpha value is -6.54. The van der Waals surface area contributed by atoms with Crippen LogP contribution in [0.15, 0.2) is 54.7 Å². The summed E-state index contributed by atoms with van der Waals surface area (Å²) in [7, 11) is 2.53. The molecule has 0 saturated carbocycles. The van der Waals surface area contributed by atoms with Gasteiger partial charge < -0.3 is 40.6 Å². The van der Waals surface area contributed by atoms with Crippen LogP contribution in [-0.2, 0) is 57.4 Å². The number of nitrogens with two attached hydrogens (primary N) is 2. The molecular formula is C39H41N5O9. The van der Waals surface area contributed by atoms with E-state index >= 15 is 0 Å². The van der Waals surface area contributed by atoms with Crippen LogP contribution >= 0.6 is 0 Å². The number of carbonyl (C=O) groups is 5. The Morgan fingerprint density at radius 1 is 0.868 bits per heavy atom. The largest absolute Gasteiger partial charge is 0.469 e. The number of hydrogen-bond acceptors (Lipinski definition) is 12. The molecule has 2 amide bonds. The van der Waals surface area contributed by atoms with Gasteiger partial charge in [-0.25, -0.2) is 14.6 Å². The van der Waals surface area contributed by atoms with E-state index in [4.69, 9.17) is 30.4 Å². The van der Waals surface area contributed by atoms with Gasteiger partial charge in [-0.15, -0.1) is 0 Å². The van der Waals surface area contributed by atoms with E-state index in [1.807, 2.05) is 19.1 Å². The second-order valence-electron chi connectivity index (χ2n) is 12.1. The molecule has 1 fully saturated rings. The molecule has 276 valence electrons. The Bertz CT molecular complexity index is 1960. The van der Waals surface area contributed by atoms with Gasteiger partial charge in [0.15, 0.2) is 13.2 Å². The molecule has 0 bridgehead atoms. The van der Waals surface area contributed by atoms with Gasteiger partial charge in [0.2, 0.25) is 5.91 Å². The molecule has 0 radical (unpaired) electrons. The Balaban J connectivity index is 1.31. The maximum absolute atomic E-state index is 13.2. The normalized spacial score (nSPS) is 14.4. The molecule has 2 unspecified atom stereocenters. The summed E-state index contributed by atoms with van der Waals surface area (Å²) in [6.07, 6.45) is 1.50. The van der Waals surface area contributed by atoms with E-state index in [1.165, 1.54) is 25.3 Å². The van der Waals surface area contributed by atoms with E-state index in [1.54, 1.807) is 36.4 Å². The molecule has 1 aliphatic heterocycles. The number of rotatable bonds is 11. The van der Waals surface area contributed by atoms with Crippen molar-refractivity contribution in [2.24, 2.45) is 0 Å². The van der Waals surface area contributed by atoms with Gasteiger partial charge in [0.25, 0.3) is 0 Å². The van der Waals surface area contributed by atoms with E-state index < -0.39 is 36.1 Å². The van der Waals surface area contributed by atoms with Crippen LogP contribution in [0.4, 0.5) is 16.3 Å². The van der Waals surface area contributed by atoms with Crippen molar-refractivity contribution >= 4 is 41.4 Å². The Labute approximate surface area is 307 Å². The third-order valence-electron chi connectivity index (χ3n) is 8.20. The number of alkyl carbamates (subject to hydrolysis) is 1. The smallest absolute Gasteiger partial charge is 0.408 e. The summed E-state index contributed by atoms with van der Waals surface area (Å²) in [6.45, 7) is 1.59. The van der Waals surface area contributed by atoms with Gasteiger partial charge >= 0.3 is 24.0 Å². The number of esters is 3. The lowest BCUT2D eigenvalue weighted by Gasteiger charge is -2.22. The first-order valence-corrected chi connectivity index (χ1v) is 16.6. The van der Waals surface area contributed by atoms with Gasteiger partial charge in [-0.05, 0) is 72.0 Å². The van der Waals surface area contributed by atoms with E-state index in [2.05, 4.69) is 34.0 Å². The Morgan fingerprint density at radius 2 is 1.57 bits per heavy atom. The number of nitrogens with zero attached hydrogens (tertiary/aromatic N) is 2. The monoisotopic (exact) mass is 723 g/mol. The Morgan fingerprint density at radius 3 is 2.21 bits per heavy atom. The van der Waals surface area contributed by atoms with Crippen molar-refractivity contribution < 1.29 is 42.9 Å². The molecule has 3 aromatic rings. The molecule has 1 aromatic heterocycles. The van der Waals surface area contributed by atoms with Crippen LogP contribution in [0.3, 0.4) is 0 Å². The van der Waals surface area contributed by atoms with Crippen molar-refractivity contribution in [3.05, 3.63) is 88.1 Å². The maximum Gasteiger partial charge on any atom is 0.408 e. The van der Waals surface area contributed by atoms with Gasteiger partial charge in [0.05, 0.1) is 33.1 Å². The summed E-state index contributed by atoms with van der Waals surface area (Å²) in [5, 5.41) is 2.70. The minimum absolute atomic E-state index is 0.0158. The number of ether oxygens (including phenoxy) is 4. The standard InChI is InChI=1S/C39H41N5O9/c1-25-16-31(40)11-9-30(25)10-13-35(45)44-24-32(22-33(44)38(48)51-3)43-39(49)53-15-5-7-27-17-26(18-29(19-27)21-36(46)50-2)6-4-14-52-37(47)20-28-8-12-34(41)42-23-28/h8-9,11-12,16-19,23,32-33H,10,13-15,20-22,24,40H2,1-3H3,(H2,41,42)(H,43,49). The minimum Gasteiger partial charge on any atom is -0.469 e. The topological polar surface area (TPSA) is 202 Å². The highest BCUT2D eigenvalue weighted by Crippen LogP contribution is 2.22. The van der Waals surface area contributed by atoms with E-state index in [-0.39, 0.29) is 51.3 Å². The SMILES string of the molecule is COC(=O)Cc1cc(C#CCOC(=O)Cc2ccc(N)nc2)cc(C#CCOC(=O)NC2CC(C(=O)OC)N(C(=O)CCc3ccc(N)cc3C)C2)c1. The molecule has 53 heavy (non-hydrogen) atoms. The van der Waals surface area contributed by atoms with Gasteiger partial charge in [-0.3, -0.25) is 14.4 Å². The lowest BCUT2D eigenvalue weighted by atomic mass is 10.0. The number of anilines is 2. The molecule has 0 aliphatic carbocycles. The molecule has 2 aromatic carbocycles. The zero-order valence-corrected chi connectivity index (χ0v) is 29.7. The highest BCUT2D eigenvalue weighted by Gasteiger charge is 2.40. The molecule has 14 nitrogen and oxygen atoms in total. The molecule has 1 saturated heterocycles. The number of pyridine rings is 1. The van der Waals surface area contributed by atoms with Crippen molar-refractivity contribution in [1.82, 2.24) is 15.2 Å².